The Morgan fingerprint density at radius 2 is 1.28 bits per heavy atom. The molecule has 9 heteroatoms. The highest BCUT2D eigenvalue weighted by atomic mass is 17.3. The largest absolute Gasteiger partial charge is 0.466 e. The number of nitriles is 1. The molecular weight excluding hydrogens is 414 g/mol. The van der Waals surface area contributed by atoms with Crippen LogP contribution in [0.15, 0.2) is 10.2 Å². The molecule has 32 heavy (non-hydrogen) atoms. The molecule has 1 atom stereocenters. The first kappa shape index (κ1) is 30.4. The minimum absolute atomic E-state index is 0.0672. The molecule has 0 aliphatic carbocycles. The summed E-state index contributed by atoms with van der Waals surface area (Å²) in [6, 6.07) is 2.12. The smallest absolute Gasteiger partial charge is 0.305 e. The normalized spacial score (nSPS) is 15.4. The van der Waals surface area contributed by atoms with E-state index in [1.165, 1.54) is 0 Å². The van der Waals surface area contributed by atoms with Gasteiger partial charge in [-0.25, -0.2) is 9.78 Å². The number of azo groups is 1. The third-order valence-electron chi connectivity index (χ3n) is 3.60. The zero-order valence-corrected chi connectivity index (χ0v) is 21.8. The quantitative estimate of drug-likeness (QED) is 0.0904. The first-order chi connectivity index (χ1) is 14.3. The van der Waals surface area contributed by atoms with Crippen molar-refractivity contribution >= 4 is 5.97 Å². The van der Waals surface area contributed by atoms with Crippen molar-refractivity contribution in [2.45, 2.75) is 130 Å². The van der Waals surface area contributed by atoms with Gasteiger partial charge in [-0.3, -0.25) is 4.79 Å². The van der Waals surface area contributed by atoms with E-state index in [-0.39, 0.29) is 25.0 Å². The molecule has 0 aromatic heterocycles. The SMILES string of the molecule is CC(C)(C)N=NC(C)(C#N)CCC(=O)OCCCC(C)(OOC(C)(C)C)OOC(C)(C)C. The van der Waals surface area contributed by atoms with Crippen LogP contribution in [0.5, 0.6) is 0 Å². The molecule has 9 nitrogen and oxygen atoms in total. The number of ether oxygens (including phenoxy) is 1. The van der Waals surface area contributed by atoms with Gasteiger partial charge in [-0.2, -0.15) is 25.3 Å². The van der Waals surface area contributed by atoms with Crippen molar-refractivity contribution in [3.8, 4) is 6.07 Å². The molecule has 0 heterocycles. The average Bonchev–Trinajstić information content (AvgIpc) is 2.64. The summed E-state index contributed by atoms with van der Waals surface area (Å²) in [7, 11) is 0. The zero-order chi connectivity index (χ0) is 25.3. The second-order valence-corrected chi connectivity index (χ2v) is 11.3. The Bertz CT molecular complexity index is 635. The Labute approximate surface area is 193 Å². The number of esters is 1. The van der Waals surface area contributed by atoms with Crippen LogP contribution in [-0.4, -0.2) is 40.6 Å². The molecule has 0 saturated carbocycles. The van der Waals surface area contributed by atoms with Crippen LogP contribution >= 0.6 is 0 Å². The summed E-state index contributed by atoms with van der Waals surface area (Å²) >= 11 is 0. The minimum Gasteiger partial charge on any atom is -0.466 e. The predicted octanol–water partition coefficient (Wildman–Crippen LogP) is 5.83. The van der Waals surface area contributed by atoms with Crippen molar-refractivity contribution in [3.63, 3.8) is 0 Å². The predicted molar refractivity (Wildman–Crippen MR) is 120 cm³/mol. The summed E-state index contributed by atoms with van der Waals surface area (Å²) in [5, 5.41) is 17.7. The molecular formula is C23H43N3O6. The third-order valence-corrected chi connectivity index (χ3v) is 3.60. The maximum atomic E-state index is 12.1. The molecule has 0 amide bonds. The first-order valence-electron chi connectivity index (χ1n) is 11.0. The summed E-state index contributed by atoms with van der Waals surface area (Å²) < 4.78 is 5.30. The van der Waals surface area contributed by atoms with Crippen LogP contribution < -0.4 is 0 Å². The van der Waals surface area contributed by atoms with Gasteiger partial charge in [-0.1, -0.05) is 0 Å². The lowest BCUT2D eigenvalue weighted by Gasteiger charge is -2.32. The third kappa shape index (κ3) is 16.1. The summed E-state index contributed by atoms with van der Waals surface area (Å²) in [4.78, 5) is 34.0. The van der Waals surface area contributed by atoms with E-state index in [0.717, 1.165) is 0 Å². The van der Waals surface area contributed by atoms with Crippen LogP contribution in [-0.2, 0) is 29.1 Å². The fourth-order valence-electron chi connectivity index (χ4n) is 1.91. The topological polar surface area (TPSA) is 112 Å². The van der Waals surface area contributed by atoms with Gasteiger partial charge in [-0.05, 0) is 89.0 Å². The van der Waals surface area contributed by atoms with Gasteiger partial charge in [0.25, 0.3) is 0 Å². The van der Waals surface area contributed by atoms with Gasteiger partial charge in [0.2, 0.25) is 5.79 Å². The zero-order valence-electron chi connectivity index (χ0n) is 21.8. The van der Waals surface area contributed by atoms with Gasteiger partial charge in [0.1, 0.15) is 0 Å². The van der Waals surface area contributed by atoms with E-state index in [1.807, 2.05) is 62.3 Å². The highest BCUT2D eigenvalue weighted by Crippen LogP contribution is 2.26. The van der Waals surface area contributed by atoms with Crippen molar-refractivity contribution in [1.82, 2.24) is 0 Å². The molecule has 0 aliphatic rings. The minimum atomic E-state index is -1.18. The molecule has 186 valence electrons. The van der Waals surface area contributed by atoms with Crippen molar-refractivity contribution in [2.24, 2.45) is 10.2 Å². The number of carbonyl (C=O) groups is 1. The number of hydrogen-bond donors (Lipinski definition) is 0. The Morgan fingerprint density at radius 3 is 1.69 bits per heavy atom. The van der Waals surface area contributed by atoms with Gasteiger partial charge in [-0.15, -0.1) is 0 Å². The molecule has 0 saturated heterocycles. The van der Waals surface area contributed by atoms with E-state index in [4.69, 9.17) is 24.3 Å². The Morgan fingerprint density at radius 1 is 0.781 bits per heavy atom. The van der Waals surface area contributed by atoms with E-state index < -0.39 is 28.5 Å². The summed E-state index contributed by atoms with van der Waals surface area (Å²) in [6.07, 6.45) is 1.12. The molecule has 1 unspecified atom stereocenters. The lowest BCUT2D eigenvalue weighted by atomic mass is 9.99. The van der Waals surface area contributed by atoms with Gasteiger partial charge in [0.15, 0.2) is 5.54 Å². The van der Waals surface area contributed by atoms with Gasteiger partial charge < -0.3 is 4.74 Å². The number of carbonyl (C=O) groups excluding carboxylic acids is 1. The molecule has 0 radical (unpaired) electrons. The van der Waals surface area contributed by atoms with E-state index in [1.54, 1.807) is 13.8 Å². The fraction of sp³-hybridized carbons (Fsp3) is 0.913. The summed E-state index contributed by atoms with van der Waals surface area (Å²) in [6.45, 7) is 20.3. The van der Waals surface area contributed by atoms with Crippen molar-refractivity contribution in [1.29, 1.82) is 5.26 Å². The van der Waals surface area contributed by atoms with Crippen molar-refractivity contribution < 1.29 is 29.1 Å². The number of nitrogens with zero attached hydrogens (tertiary/aromatic N) is 3. The maximum absolute atomic E-state index is 12.1. The second-order valence-electron chi connectivity index (χ2n) is 11.3. The van der Waals surface area contributed by atoms with Crippen LogP contribution in [0.25, 0.3) is 0 Å². The molecule has 0 aromatic carbocycles. The molecule has 0 rings (SSSR count). The highest BCUT2D eigenvalue weighted by molar-refractivity contribution is 5.69. The Kier molecular flexibility index (Phi) is 11.4. The maximum Gasteiger partial charge on any atom is 0.305 e. The van der Waals surface area contributed by atoms with Gasteiger partial charge >= 0.3 is 5.97 Å². The highest BCUT2D eigenvalue weighted by Gasteiger charge is 2.33. The first-order valence-corrected chi connectivity index (χ1v) is 11.0. The van der Waals surface area contributed by atoms with Crippen LogP contribution in [0.1, 0.15) is 102 Å². The van der Waals surface area contributed by atoms with E-state index in [2.05, 4.69) is 16.3 Å². The molecule has 0 fully saturated rings. The fourth-order valence-corrected chi connectivity index (χ4v) is 1.91. The second kappa shape index (κ2) is 12.0. The monoisotopic (exact) mass is 457 g/mol. The van der Waals surface area contributed by atoms with Gasteiger partial charge in [0.05, 0.1) is 29.4 Å². The lowest BCUT2D eigenvalue weighted by Crippen LogP contribution is -2.38. The molecule has 0 N–H and O–H groups in total. The molecule has 0 aromatic rings. The van der Waals surface area contributed by atoms with Gasteiger partial charge in [0, 0.05) is 12.8 Å². The van der Waals surface area contributed by atoms with Crippen LogP contribution in [0.3, 0.4) is 0 Å². The molecule has 0 bridgehead atoms. The van der Waals surface area contributed by atoms with E-state index >= 15 is 0 Å². The molecule has 0 aliphatic heterocycles. The molecule has 0 spiro atoms. The standard InChI is InChI=1S/C23H43N3O6/c1-19(2,3)25-26-22(10,17-24)15-13-18(27)28-16-12-14-23(11,31-29-20(4,5)6)32-30-21(7,8)9/h12-16H2,1-11H3. The lowest BCUT2D eigenvalue weighted by molar-refractivity contribution is -0.537. The van der Waals surface area contributed by atoms with Crippen molar-refractivity contribution in [2.75, 3.05) is 6.61 Å². The average molecular weight is 458 g/mol. The Balaban J connectivity index is 4.65. The van der Waals surface area contributed by atoms with Crippen LogP contribution in [0, 0.1) is 11.3 Å². The van der Waals surface area contributed by atoms with E-state index in [9.17, 15) is 10.1 Å². The summed E-state index contributed by atoms with van der Waals surface area (Å²) in [5.41, 5.74) is -2.52. The number of rotatable bonds is 12. The Hall–Kier alpha value is -1.60. The van der Waals surface area contributed by atoms with Crippen molar-refractivity contribution in [3.05, 3.63) is 0 Å². The number of hydrogen-bond acceptors (Lipinski definition) is 9. The van der Waals surface area contributed by atoms with E-state index in [0.29, 0.717) is 12.8 Å². The summed E-state index contributed by atoms with van der Waals surface area (Å²) in [5.74, 6) is -1.59. The van der Waals surface area contributed by atoms with Crippen LogP contribution in [0.2, 0.25) is 0 Å². The van der Waals surface area contributed by atoms with Crippen LogP contribution in [0.4, 0.5) is 0 Å².